The maximum absolute atomic E-state index is 13.3. The van der Waals surface area contributed by atoms with Gasteiger partial charge in [0.1, 0.15) is 24.2 Å². The topological polar surface area (TPSA) is 108 Å². The van der Waals surface area contributed by atoms with E-state index in [0.717, 1.165) is 0 Å². The first-order valence-corrected chi connectivity index (χ1v) is 10.5. The molecule has 4 rings (SSSR count). The highest BCUT2D eigenvalue weighted by atomic mass is 32.2. The molecule has 0 radical (unpaired) electrons. The molecule has 1 aromatic carbocycles. The number of carbonyl (C=O) groups is 1. The standard InChI is InChI=1S/C20H18N2O6S/c23-20(14-5-7-21-8-6-14)22-13-19(17-2-1-9-26-17)29(24,25)15-3-4-16-18(12-15)28-11-10-27-16/h1-9,12,19H,10-11,13H2,(H,22,23)/t19-/m0/s1. The number of fused-ring (bicyclic) bond motifs is 1. The molecule has 0 unspecified atom stereocenters. The van der Waals surface area contributed by atoms with Gasteiger partial charge in [0.05, 0.1) is 11.2 Å². The predicted molar refractivity (Wildman–Crippen MR) is 103 cm³/mol. The van der Waals surface area contributed by atoms with Crippen molar-refractivity contribution in [3.8, 4) is 11.5 Å². The second-order valence-electron chi connectivity index (χ2n) is 6.30. The fourth-order valence-electron chi connectivity index (χ4n) is 2.99. The Morgan fingerprint density at radius 2 is 1.83 bits per heavy atom. The maximum atomic E-state index is 13.3. The number of benzene rings is 1. The van der Waals surface area contributed by atoms with Crippen LogP contribution in [-0.4, -0.2) is 39.1 Å². The van der Waals surface area contributed by atoms with Crippen LogP contribution in [-0.2, 0) is 9.84 Å². The lowest BCUT2D eigenvalue weighted by Crippen LogP contribution is -2.31. The number of furan rings is 1. The van der Waals surface area contributed by atoms with E-state index in [9.17, 15) is 13.2 Å². The number of nitrogens with zero attached hydrogens (tertiary/aromatic N) is 1. The summed E-state index contributed by atoms with van der Waals surface area (Å²) in [6.07, 6.45) is 4.38. The van der Waals surface area contributed by atoms with E-state index in [1.54, 1.807) is 30.3 Å². The van der Waals surface area contributed by atoms with Gasteiger partial charge in [0.2, 0.25) is 0 Å². The van der Waals surface area contributed by atoms with E-state index < -0.39 is 21.0 Å². The summed E-state index contributed by atoms with van der Waals surface area (Å²) < 4.78 is 43.0. The zero-order valence-electron chi connectivity index (χ0n) is 15.3. The van der Waals surface area contributed by atoms with Crippen LogP contribution in [0.25, 0.3) is 0 Å². The van der Waals surface area contributed by atoms with Crippen molar-refractivity contribution in [3.63, 3.8) is 0 Å². The van der Waals surface area contributed by atoms with Crippen molar-refractivity contribution in [1.82, 2.24) is 10.3 Å². The summed E-state index contributed by atoms with van der Waals surface area (Å²) in [5, 5.41) is 1.56. The molecule has 29 heavy (non-hydrogen) atoms. The summed E-state index contributed by atoms with van der Waals surface area (Å²) in [5.41, 5.74) is 0.384. The maximum Gasteiger partial charge on any atom is 0.251 e. The molecule has 0 bridgehead atoms. The van der Waals surface area contributed by atoms with Crippen molar-refractivity contribution in [2.45, 2.75) is 10.1 Å². The van der Waals surface area contributed by atoms with Crippen LogP contribution >= 0.6 is 0 Å². The number of rotatable bonds is 6. The van der Waals surface area contributed by atoms with Crippen molar-refractivity contribution in [2.24, 2.45) is 0 Å². The number of amides is 1. The first-order chi connectivity index (χ1) is 14.1. The lowest BCUT2D eigenvalue weighted by Gasteiger charge is -2.21. The highest BCUT2D eigenvalue weighted by Gasteiger charge is 2.33. The van der Waals surface area contributed by atoms with Crippen molar-refractivity contribution in [1.29, 1.82) is 0 Å². The Morgan fingerprint density at radius 1 is 1.07 bits per heavy atom. The molecule has 0 fully saturated rings. The zero-order valence-corrected chi connectivity index (χ0v) is 16.1. The number of hydrogen-bond donors (Lipinski definition) is 1. The van der Waals surface area contributed by atoms with Gasteiger partial charge < -0.3 is 19.2 Å². The van der Waals surface area contributed by atoms with E-state index in [4.69, 9.17) is 13.9 Å². The summed E-state index contributed by atoms with van der Waals surface area (Å²) in [4.78, 5) is 16.3. The van der Waals surface area contributed by atoms with Gasteiger partial charge in [-0.1, -0.05) is 0 Å². The van der Waals surface area contributed by atoms with Crippen LogP contribution < -0.4 is 14.8 Å². The number of hydrogen-bond acceptors (Lipinski definition) is 7. The Balaban J connectivity index is 1.62. The van der Waals surface area contributed by atoms with Gasteiger partial charge >= 0.3 is 0 Å². The molecule has 3 aromatic rings. The quantitative estimate of drug-likeness (QED) is 0.660. The van der Waals surface area contributed by atoms with E-state index in [0.29, 0.717) is 30.3 Å². The van der Waals surface area contributed by atoms with Crippen LogP contribution in [0.2, 0.25) is 0 Å². The van der Waals surface area contributed by atoms with Crippen LogP contribution in [0, 0.1) is 0 Å². The molecular formula is C20H18N2O6S. The average molecular weight is 414 g/mol. The zero-order chi connectivity index (χ0) is 20.3. The van der Waals surface area contributed by atoms with Crippen LogP contribution in [0.5, 0.6) is 11.5 Å². The normalized spacial score (nSPS) is 14.2. The largest absolute Gasteiger partial charge is 0.486 e. The molecule has 150 valence electrons. The minimum absolute atomic E-state index is 0.0568. The van der Waals surface area contributed by atoms with Gasteiger partial charge in [-0.2, -0.15) is 0 Å². The minimum atomic E-state index is -3.89. The molecule has 3 heterocycles. The number of aromatic nitrogens is 1. The van der Waals surface area contributed by atoms with Gasteiger partial charge in [-0.25, -0.2) is 8.42 Å². The fourth-order valence-corrected chi connectivity index (χ4v) is 4.59. The monoisotopic (exact) mass is 414 g/mol. The van der Waals surface area contributed by atoms with Gasteiger partial charge in [0, 0.05) is 30.6 Å². The average Bonchev–Trinajstić information content (AvgIpc) is 3.28. The molecule has 1 amide bonds. The van der Waals surface area contributed by atoms with Crippen molar-refractivity contribution >= 4 is 15.7 Å². The minimum Gasteiger partial charge on any atom is -0.486 e. The Kier molecular flexibility index (Phi) is 5.22. The van der Waals surface area contributed by atoms with Crippen LogP contribution in [0.15, 0.2) is 70.4 Å². The lowest BCUT2D eigenvalue weighted by atomic mass is 10.2. The van der Waals surface area contributed by atoms with E-state index in [1.165, 1.54) is 30.8 Å². The van der Waals surface area contributed by atoms with Crippen LogP contribution in [0.4, 0.5) is 0 Å². The van der Waals surface area contributed by atoms with Crippen molar-refractivity contribution in [3.05, 3.63) is 72.4 Å². The van der Waals surface area contributed by atoms with Crippen molar-refractivity contribution < 1.29 is 27.1 Å². The Bertz CT molecular complexity index is 1100. The second kappa shape index (κ2) is 7.96. The highest BCUT2D eigenvalue weighted by Crippen LogP contribution is 2.36. The van der Waals surface area contributed by atoms with Gasteiger partial charge in [-0.05, 0) is 36.4 Å². The molecule has 0 spiro atoms. The number of pyridine rings is 1. The number of nitrogens with one attached hydrogen (secondary N) is 1. The van der Waals surface area contributed by atoms with Gasteiger partial charge in [-0.3, -0.25) is 9.78 Å². The third-order valence-electron chi connectivity index (χ3n) is 4.47. The van der Waals surface area contributed by atoms with Gasteiger partial charge in [0.15, 0.2) is 21.3 Å². The molecule has 1 N–H and O–H groups in total. The first kappa shape index (κ1) is 19.0. The van der Waals surface area contributed by atoms with Crippen molar-refractivity contribution in [2.75, 3.05) is 19.8 Å². The van der Waals surface area contributed by atoms with Gasteiger partial charge in [0.25, 0.3) is 5.91 Å². The van der Waals surface area contributed by atoms with E-state index in [-0.39, 0.29) is 17.2 Å². The second-order valence-corrected chi connectivity index (χ2v) is 8.43. The molecule has 8 nitrogen and oxygen atoms in total. The van der Waals surface area contributed by atoms with Crippen LogP contribution in [0.3, 0.4) is 0 Å². The number of sulfone groups is 1. The summed E-state index contributed by atoms with van der Waals surface area (Å²) in [6, 6.07) is 10.7. The number of carbonyl (C=O) groups excluding carboxylic acids is 1. The first-order valence-electron chi connectivity index (χ1n) is 8.91. The fraction of sp³-hybridized carbons (Fsp3) is 0.200. The summed E-state index contributed by atoms with van der Waals surface area (Å²) >= 11 is 0. The smallest absolute Gasteiger partial charge is 0.251 e. The summed E-state index contributed by atoms with van der Waals surface area (Å²) in [7, 11) is -3.89. The van der Waals surface area contributed by atoms with E-state index >= 15 is 0 Å². The predicted octanol–water partition coefficient (Wildman–Crippen LogP) is 2.39. The molecule has 0 saturated carbocycles. The summed E-state index contributed by atoms with van der Waals surface area (Å²) in [5.74, 6) is 0.698. The van der Waals surface area contributed by atoms with E-state index in [2.05, 4.69) is 10.3 Å². The number of ether oxygens (including phenoxy) is 2. The molecule has 2 aromatic heterocycles. The third kappa shape index (κ3) is 3.95. The molecule has 1 atom stereocenters. The molecule has 0 aliphatic carbocycles. The lowest BCUT2D eigenvalue weighted by molar-refractivity contribution is 0.0953. The Hall–Kier alpha value is -3.33. The molecule has 9 heteroatoms. The highest BCUT2D eigenvalue weighted by molar-refractivity contribution is 7.91. The SMILES string of the molecule is O=C(NC[C@@H](c1ccco1)S(=O)(=O)c1ccc2c(c1)OCCO2)c1ccncc1. The molecule has 1 aliphatic heterocycles. The summed E-state index contributed by atoms with van der Waals surface area (Å²) in [6.45, 7) is 0.598. The van der Waals surface area contributed by atoms with Crippen LogP contribution in [0.1, 0.15) is 21.4 Å². The molecule has 0 saturated heterocycles. The van der Waals surface area contributed by atoms with E-state index in [1.807, 2.05) is 0 Å². The molecule has 1 aliphatic rings. The third-order valence-corrected chi connectivity index (χ3v) is 6.53. The van der Waals surface area contributed by atoms with Gasteiger partial charge in [-0.15, -0.1) is 0 Å². The Morgan fingerprint density at radius 3 is 2.55 bits per heavy atom. The Labute approximate surface area is 167 Å². The molecular weight excluding hydrogens is 396 g/mol.